The van der Waals surface area contributed by atoms with E-state index in [9.17, 15) is 13.6 Å². The fraction of sp³-hybridized carbons (Fsp3) is 0.250. The number of anilines is 1. The second-order valence-electron chi connectivity index (χ2n) is 2.59. The lowest BCUT2D eigenvalue weighted by atomic mass is 10.2. The van der Waals surface area contributed by atoms with Crippen molar-refractivity contribution in [3.05, 3.63) is 21.9 Å². The van der Waals surface area contributed by atoms with Crippen LogP contribution in [-0.2, 0) is 4.74 Å². The zero-order valence-corrected chi connectivity index (χ0v) is 9.22. The normalized spacial score (nSPS) is 10.5. The fourth-order valence-corrected chi connectivity index (χ4v) is 1.28. The van der Waals surface area contributed by atoms with Crippen molar-refractivity contribution in [2.45, 2.75) is 6.43 Å². The van der Waals surface area contributed by atoms with E-state index in [1.165, 1.54) is 0 Å². The number of halogens is 3. The molecule has 0 aromatic carbocycles. The summed E-state index contributed by atoms with van der Waals surface area (Å²) >= 11 is 2.97. The van der Waals surface area contributed by atoms with Crippen molar-refractivity contribution in [2.24, 2.45) is 0 Å². The quantitative estimate of drug-likeness (QED) is 0.843. The van der Waals surface area contributed by atoms with Gasteiger partial charge in [0.2, 0.25) is 0 Å². The van der Waals surface area contributed by atoms with Crippen LogP contribution in [0.15, 0.2) is 10.5 Å². The summed E-state index contributed by atoms with van der Waals surface area (Å²) in [5, 5.41) is 0. The fourth-order valence-electron chi connectivity index (χ4n) is 0.914. The number of carbonyl (C=O) groups excluding carboxylic acids is 1. The third-order valence-corrected chi connectivity index (χ3v) is 2.44. The molecule has 0 aliphatic rings. The van der Waals surface area contributed by atoms with Gasteiger partial charge in [-0.15, -0.1) is 0 Å². The van der Waals surface area contributed by atoms with E-state index in [0.717, 1.165) is 13.2 Å². The van der Waals surface area contributed by atoms with Gasteiger partial charge in [-0.1, -0.05) is 0 Å². The minimum atomic E-state index is -2.79. The second-order valence-corrected chi connectivity index (χ2v) is 3.38. The van der Waals surface area contributed by atoms with Gasteiger partial charge in [0.05, 0.1) is 17.3 Å². The molecule has 0 unspecified atom stereocenters. The first kappa shape index (κ1) is 11.8. The molecule has 0 saturated carbocycles. The SMILES string of the molecule is COC(=O)c1nc(C(F)F)cc(N)c1Br. The van der Waals surface area contributed by atoms with Crippen LogP contribution in [0.2, 0.25) is 0 Å². The molecule has 7 heteroatoms. The Bertz CT molecular complexity index is 398. The lowest BCUT2D eigenvalue weighted by Gasteiger charge is -2.07. The first-order valence-electron chi connectivity index (χ1n) is 3.79. The maximum atomic E-state index is 12.3. The Kier molecular flexibility index (Phi) is 3.57. The zero-order valence-electron chi connectivity index (χ0n) is 7.63. The van der Waals surface area contributed by atoms with E-state index in [2.05, 4.69) is 25.7 Å². The largest absolute Gasteiger partial charge is 0.464 e. The maximum absolute atomic E-state index is 12.3. The summed E-state index contributed by atoms with van der Waals surface area (Å²) in [6.07, 6.45) is -2.79. The van der Waals surface area contributed by atoms with Gasteiger partial charge in [-0.3, -0.25) is 0 Å². The first-order chi connectivity index (χ1) is 6.97. The molecular weight excluding hydrogens is 274 g/mol. The summed E-state index contributed by atoms with van der Waals surface area (Å²) in [5.41, 5.74) is 4.62. The van der Waals surface area contributed by atoms with Crippen LogP contribution < -0.4 is 5.73 Å². The third-order valence-electron chi connectivity index (χ3n) is 1.61. The topological polar surface area (TPSA) is 65.2 Å². The van der Waals surface area contributed by atoms with Gasteiger partial charge in [0, 0.05) is 0 Å². The summed E-state index contributed by atoms with van der Waals surface area (Å²) in [6.45, 7) is 0. The Morgan fingerprint density at radius 2 is 2.27 bits per heavy atom. The molecule has 0 aliphatic heterocycles. The highest BCUT2D eigenvalue weighted by atomic mass is 79.9. The van der Waals surface area contributed by atoms with E-state index in [1.807, 2.05) is 0 Å². The van der Waals surface area contributed by atoms with Gasteiger partial charge in [0.1, 0.15) is 5.69 Å². The van der Waals surface area contributed by atoms with E-state index < -0.39 is 18.1 Å². The Morgan fingerprint density at radius 1 is 1.67 bits per heavy atom. The number of hydrogen-bond acceptors (Lipinski definition) is 4. The van der Waals surface area contributed by atoms with Gasteiger partial charge in [-0.25, -0.2) is 18.6 Å². The number of rotatable bonds is 2. The minimum absolute atomic E-state index is 0.0145. The average Bonchev–Trinajstić information content (AvgIpc) is 2.20. The van der Waals surface area contributed by atoms with Crippen LogP contribution in [-0.4, -0.2) is 18.1 Å². The number of pyridine rings is 1. The Hall–Kier alpha value is -1.24. The average molecular weight is 281 g/mol. The number of ether oxygens (including phenoxy) is 1. The molecule has 0 atom stereocenters. The van der Waals surface area contributed by atoms with E-state index in [1.54, 1.807) is 0 Å². The number of esters is 1. The molecule has 0 spiro atoms. The molecular formula is C8H7BrF2N2O2. The van der Waals surface area contributed by atoms with Crippen LogP contribution in [0.3, 0.4) is 0 Å². The van der Waals surface area contributed by atoms with Crippen molar-refractivity contribution in [2.75, 3.05) is 12.8 Å². The van der Waals surface area contributed by atoms with E-state index in [0.29, 0.717) is 0 Å². The van der Waals surface area contributed by atoms with Crippen LogP contribution in [0.4, 0.5) is 14.5 Å². The molecule has 1 rings (SSSR count). The standard InChI is InChI=1S/C8H7BrF2N2O2/c1-15-8(14)6-5(9)3(12)2-4(13-6)7(10)11/h2,7H,1H3,(H2,12,13). The number of carbonyl (C=O) groups is 1. The van der Waals surface area contributed by atoms with Crippen LogP contribution in [0, 0.1) is 0 Å². The zero-order chi connectivity index (χ0) is 11.6. The molecule has 0 saturated heterocycles. The van der Waals surface area contributed by atoms with Crippen LogP contribution >= 0.6 is 15.9 Å². The highest BCUT2D eigenvalue weighted by Gasteiger charge is 2.19. The smallest absolute Gasteiger partial charge is 0.357 e. The molecule has 4 nitrogen and oxygen atoms in total. The molecule has 1 aromatic rings. The van der Waals surface area contributed by atoms with Crippen LogP contribution in [0.1, 0.15) is 22.6 Å². The van der Waals surface area contributed by atoms with Gasteiger partial charge in [0.15, 0.2) is 5.69 Å². The summed E-state index contributed by atoms with van der Waals surface area (Å²) in [5.74, 6) is -0.823. The van der Waals surface area contributed by atoms with E-state index in [-0.39, 0.29) is 15.9 Å². The minimum Gasteiger partial charge on any atom is -0.464 e. The van der Waals surface area contributed by atoms with Crippen LogP contribution in [0.25, 0.3) is 0 Å². The number of methoxy groups -OCH3 is 1. The Morgan fingerprint density at radius 3 is 2.73 bits per heavy atom. The maximum Gasteiger partial charge on any atom is 0.357 e. The lowest BCUT2D eigenvalue weighted by Crippen LogP contribution is -2.09. The van der Waals surface area contributed by atoms with Gasteiger partial charge >= 0.3 is 5.97 Å². The summed E-state index contributed by atoms with van der Waals surface area (Å²) in [7, 11) is 1.13. The highest BCUT2D eigenvalue weighted by Crippen LogP contribution is 2.28. The molecule has 15 heavy (non-hydrogen) atoms. The summed E-state index contributed by atoms with van der Waals surface area (Å²) < 4.78 is 29.2. The van der Waals surface area contributed by atoms with Crippen molar-refractivity contribution in [3.8, 4) is 0 Å². The summed E-state index contributed by atoms with van der Waals surface area (Å²) in [6, 6.07) is 1.00. The van der Waals surface area contributed by atoms with E-state index in [4.69, 9.17) is 5.73 Å². The summed E-state index contributed by atoms with van der Waals surface area (Å²) in [4.78, 5) is 14.6. The predicted molar refractivity (Wildman–Crippen MR) is 52.6 cm³/mol. The number of hydrogen-bond donors (Lipinski definition) is 1. The van der Waals surface area contributed by atoms with E-state index >= 15 is 0 Å². The number of nitrogen functional groups attached to an aromatic ring is 1. The number of nitrogens with two attached hydrogens (primary N) is 1. The molecule has 0 radical (unpaired) electrons. The van der Waals surface area contributed by atoms with Crippen LogP contribution in [0.5, 0.6) is 0 Å². The second kappa shape index (κ2) is 4.52. The van der Waals surface area contributed by atoms with Gasteiger partial charge in [-0.05, 0) is 22.0 Å². The first-order valence-corrected chi connectivity index (χ1v) is 4.59. The Labute approximate surface area is 92.6 Å². The van der Waals surface area contributed by atoms with Crippen molar-refractivity contribution in [3.63, 3.8) is 0 Å². The Balaban J connectivity index is 3.31. The van der Waals surface area contributed by atoms with Gasteiger partial charge < -0.3 is 10.5 Å². The van der Waals surface area contributed by atoms with Gasteiger partial charge in [-0.2, -0.15) is 0 Å². The number of aromatic nitrogens is 1. The molecule has 1 heterocycles. The molecule has 1 aromatic heterocycles. The molecule has 2 N–H and O–H groups in total. The molecule has 0 fully saturated rings. The number of nitrogens with zero attached hydrogens (tertiary/aromatic N) is 1. The van der Waals surface area contributed by atoms with Crippen molar-refractivity contribution < 1.29 is 18.3 Å². The lowest BCUT2D eigenvalue weighted by molar-refractivity contribution is 0.0591. The van der Waals surface area contributed by atoms with Gasteiger partial charge in [0.25, 0.3) is 6.43 Å². The molecule has 0 amide bonds. The third kappa shape index (κ3) is 2.41. The van der Waals surface area contributed by atoms with Crippen molar-refractivity contribution in [1.29, 1.82) is 0 Å². The molecule has 82 valence electrons. The molecule has 0 bridgehead atoms. The number of alkyl halides is 2. The highest BCUT2D eigenvalue weighted by molar-refractivity contribution is 9.10. The predicted octanol–water partition coefficient (Wildman–Crippen LogP) is 2.15. The van der Waals surface area contributed by atoms with Crippen molar-refractivity contribution >= 4 is 27.6 Å². The monoisotopic (exact) mass is 280 g/mol. The molecule has 0 aliphatic carbocycles. The van der Waals surface area contributed by atoms with Crippen molar-refractivity contribution in [1.82, 2.24) is 4.98 Å².